The molecule has 0 radical (unpaired) electrons. The summed E-state index contributed by atoms with van der Waals surface area (Å²) in [6.45, 7) is 1.34. The average Bonchev–Trinajstić information content (AvgIpc) is 2.54. The third kappa shape index (κ3) is 4.69. The largest absolute Gasteiger partial charge is 0.481 e. The number of carbonyl (C=O) groups is 1. The second-order valence-electron chi connectivity index (χ2n) is 4.98. The quantitative estimate of drug-likeness (QED) is 0.878. The summed E-state index contributed by atoms with van der Waals surface area (Å²) in [7, 11) is 0. The van der Waals surface area contributed by atoms with Gasteiger partial charge in [0.25, 0.3) is 5.91 Å². The number of alkyl halides is 3. The summed E-state index contributed by atoms with van der Waals surface area (Å²) in [6, 6.07) is 8.49. The highest BCUT2D eigenvalue weighted by molar-refractivity contribution is 5.93. The molecule has 2 aromatic rings. The molecule has 0 saturated heterocycles. The van der Waals surface area contributed by atoms with Gasteiger partial charge in [-0.25, -0.2) is 4.98 Å². The standard InChI is InChI=1S/C16H15F3N2O3/c1-10(24-13-4-2-3-11(7-13)9-22)15(23)21-12-5-6-14(20-8-12)16(17,18)19/h2-8,10,22H,9H2,1H3,(H,21,23). The van der Waals surface area contributed by atoms with Crippen molar-refractivity contribution in [1.29, 1.82) is 0 Å². The van der Waals surface area contributed by atoms with Gasteiger partial charge in [-0.3, -0.25) is 4.79 Å². The van der Waals surface area contributed by atoms with Gasteiger partial charge in [-0.05, 0) is 36.8 Å². The zero-order valence-corrected chi connectivity index (χ0v) is 12.7. The normalized spacial score (nSPS) is 12.5. The first-order valence-corrected chi connectivity index (χ1v) is 7.00. The number of nitrogens with one attached hydrogen (secondary N) is 1. The van der Waals surface area contributed by atoms with Crippen LogP contribution in [0.15, 0.2) is 42.6 Å². The van der Waals surface area contributed by atoms with Crippen LogP contribution >= 0.6 is 0 Å². The van der Waals surface area contributed by atoms with Gasteiger partial charge in [-0.15, -0.1) is 0 Å². The molecule has 1 aromatic heterocycles. The summed E-state index contributed by atoms with van der Waals surface area (Å²) in [4.78, 5) is 15.3. The Balaban J connectivity index is 1.98. The van der Waals surface area contributed by atoms with Crippen LogP contribution in [0.1, 0.15) is 18.2 Å². The van der Waals surface area contributed by atoms with Crippen molar-refractivity contribution in [2.45, 2.75) is 25.8 Å². The number of benzene rings is 1. The first kappa shape index (κ1) is 17.7. The maximum absolute atomic E-state index is 12.4. The molecule has 0 aliphatic carbocycles. The molecule has 1 amide bonds. The van der Waals surface area contributed by atoms with Crippen molar-refractivity contribution in [1.82, 2.24) is 4.98 Å². The Labute approximate surface area is 136 Å². The molecule has 1 aromatic carbocycles. The van der Waals surface area contributed by atoms with Gasteiger partial charge in [-0.1, -0.05) is 12.1 Å². The van der Waals surface area contributed by atoms with Crippen LogP contribution in [0.25, 0.3) is 0 Å². The summed E-state index contributed by atoms with van der Waals surface area (Å²) in [6.07, 6.45) is -4.49. The lowest BCUT2D eigenvalue weighted by atomic mass is 10.2. The lowest BCUT2D eigenvalue weighted by Gasteiger charge is -2.15. The minimum atomic E-state index is -4.53. The van der Waals surface area contributed by atoms with Gasteiger partial charge in [0.05, 0.1) is 18.5 Å². The zero-order valence-electron chi connectivity index (χ0n) is 12.7. The van der Waals surface area contributed by atoms with Crippen LogP contribution < -0.4 is 10.1 Å². The third-order valence-corrected chi connectivity index (χ3v) is 3.08. The van der Waals surface area contributed by atoms with Crippen molar-refractivity contribution < 1.29 is 27.8 Å². The SMILES string of the molecule is CC(Oc1cccc(CO)c1)C(=O)Nc1ccc(C(F)(F)F)nc1. The lowest BCUT2D eigenvalue weighted by molar-refractivity contribution is -0.141. The second kappa shape index (κ2) is 7.31. The lowest BCUT2D eigenvalue weighted by Crippen LogP contribution is -2.30. The smallest absolute Gasteiger partial charge is 0.433 e. The fraction of sp³-hybridized carbons (Fsp3) is 0.250. The second-order valence-corrected chi connectivity index (χ2v) is 4.98. The van der Waals surface area contributed by atoms with E-state index in [9.17, 15) is 18.0 Å². The highest BCUT2D eigenvalue weighted by Gasteiger charge is 2.32. The Morgan fingerprint density at radius 3 is 2.67 bits per heavy atom. The van der Waals surface area contributed by atoms with Crippen LogP contribution in [0.3, 0.4) is 0 Å². The van der Waals surface area contributed by atoms with Crippen molar-refractivity contribution in [2.24, 2.45) is 0 Å². The number of pyridine rings is 1. The Kier molecular flexibility index (Phi) is 5.40. The molecule has 8 heteroatoms. The Bertz CT molecular complexity index is 702. The fourth-order valence-electron chi connectivity index (χ4n) is 1.85. The molecule has 0 bridgehead atoms. The van der Waals surface area contributed by atoms with E-state index < -0.39 is 23.9 Å². The van der Waals surface area contributed by atoms with Gasteiger partial charge >= 0.3 is 6.18 Å². The summed E-state index contributed by atoms with van der Waals surface area (Å²) < 4.78 is 42.7. The Morgan fingerprint density at radius 1 is 1.33 bits per heavy atom. The zero-order chi connectivity index (χ0) is 17.7. The van der Waals surface area contributed by atoms with Crippen LogP contribution in [-0.4, -0.2) is 22.1 Å². The number of aliphatic hydroxyl groups is 1. The summed E-state index contributed by atoms with van der Waals surface area (Å²) in [5.41, 5.74) is -0.273. The number of hydrogen-bond donors (Lipinski definition) is 2. The molecule has 1 atom stereocenters. The molecule has 0 aliphatic heterocycles. The number of halogens is 3. The maximum Gasteiger partial charge on any atom is 0.433 e. The van der Waals surface area contributed by atoms with Crippen molar-refractivity contribution in [3.63, 3.8) is 0 Å². The molecule has 2 N–H and O–H groups in total. The van der Waals surface area contributed by atoms with Crippen LogP contribution in [-0.2, 0) is 17.6 Å². The molecule has 0 spiro atoms. The van der Waals surface area contributed by atoms with Gasteiger partial charge in [-0.2, -0.15) is 13.2 Å². The molecule has 128 valence electrons. The van der Waals surface area contributed by atoms with Crippen molar-refractivity contribution in [2.75, 3.05) is 5.32 Å². The number of aliphatic hydroxyl groups excluding tert-OH is 1. The topological polar surface area (TPSA) is 71.5 Å². The minimum absolute atomic E-state index is 0.132. The van der Waals surface area contributed by atoms with Gasteiger partial charge in [0.2, 0.25) is 0 Å². The summed E-state index contributed by atoms with van der Waals surface area (Å²) >= 11 is 0. The summed E-state index contributed by atoms with van der Waals surface area (Å²) in [5, 5.41) is 11.5. The minimum Gasteiger partial charge on any atom is -0.481 e. The van der Waals surface area contributed by atoms with E-state index in [0.29, 0.717) is 11.3 Å². The summed E-state index contributed by atoms with van der Waals surface area (Å²) in [5.74, 6) is -0.138. The molecule has 1 heterocycles. The van der Waals surface area contributed by atoms with Crippen LogP contribution in [0.2, 0.25) is 0 Å². The van der Waals surface area contributed by atoms with Gasteiger partial charge in [0.1, 0.15) is 11.4 Å². The number of carbonyl (C=O) groups excluding carboxylic acids is 1. The third-order valence-electron chi connectivity index (χ3n) is 3.08. The molecular formula is C16H15F3N2O3. The Hall–Kier alpha value is -2.61. The molecular weight excluding hydrogens is 325 g/mol. The molecule has 5 nitrogen and oxygen atoms in total. The van der Waals surface area contributed by atoms with E-state index in [1.54, 1.807) is 24.3 Å². The number of nitrogens with zero attached hydrogens (tertiary/aromatic N) is 1. The maximum atomic E-state index is 12.4. The monoisotopic (exact) mass is 340 g/mol. The van der Waals surface area contributed by atoms with Gasteiger partial charge in [0.15, 0.2) is 6.10 Å². The fourth-order valence-corrected chi connectivity index (χ4v) is 1.85. The molecule has 0 fully saturated rings. The van der Waals surface area contributed by atoms with Crippen molar-refractivity contribution in [3.8, 4) is 5.75 Å². The number of ether oxygens (including phenoxy) is 1. The number of aromatic nitrogens is 1. The molecule has 2 rings (SSSR count). The van der Waals surface area contributed by atoms with E-state index in [4.69, 9.17) is 9.84 Å². The van der Waals surface area contributed by atoms with E-state index in [-0.39, 0.29) is 12.3 Å². The van der Waals surface area contributed by atoms with E-state index in [2.05, 4.69) is 10.3 Å². The van der Waals surface area contributed by atoms with Gasteiger partial charge in [0, 0.05) is 0 Å². The first-order valence-electron chi connectivity index (χ1n) is 7.00. The predicted octanol–water partition coefficient (Wildman–Crippen LogP) is 3.00. The molecule has 24 heavy (non-hydrogen) atoms. The first-order chi connectivity index (χ1) is 11.3. The van der Waals surface area contributed by atoms with Crippen molar-refractivity contribution in [3.05, 3.63) is 53.9 Å². The van der Waals surface area contributed by atoms with Gasteiger partial charge < -0.3 is 15.2 Å². The highest BCUT2D eigenvalue weighted by atomic mass is 19.4. The number of hydrogen-bond acceptors (Lipinski definition) is 4. The molecule has 0 aliphatic rings. The molecule has 1 unspecified atom stereocenters. The predicted molar refractivity (Wildman–Crippen MR) is 80.3 cm³/mol. The Morgan fingerprint density at radius 2 is 2.08 bits per heavy atom. The number of amides is 1. The number of rotatable bonds is 5. The number of anilines is 1. The van der Waals surface area contributed by atoms with Crippen LogP contribution in [0, 0.1) is 0 Å². The van der Waals surface area contributed by atoms with E-state index in [0.717, 1.165) is 18.3 Å². The van der Waals surface area contributed by atoms with Crippen LogP contribution in [0.4, 0.5) is 18.9 Å². The van der Waals surface area contributed by atoms with E-state index in [1.165, 1.54) is 6.92 Å². The van der Waals surface area contributed by atoms with Crippen LogP contribution in [0.5, 0.6) is 5.75 Å². The van der Waals surface area contributed by atoms with Crippen molar-refractivity contribution >= 4 is 11.6 Å². The average molecular weight is 340 g/mol. The van der Waals surface area contributed by atoms with E-state index in [1.807, 2.05) is 0 Å². The highest BCUT2D eigenvalue weighted by Crippen LogP contribution is 2.27. The molecule has 0 saturated carbocycles. The van der Waals surface area contributed by atoms with E-state index >= 15 is 0 Å².